The topological polar surface area (TPSA) is 128 Å². The molecule has 1 aliphatic heterocycles. The van der Waals surface area contributed by atoms with E-state index in [1.807, 2.05) is 19.1 Å². The van der Waals surface area contributed by atoms with E-state index in [1.165, 1.54) is 16.8 Å². The lowest BCUT2D eigenvalue weighted by atomic mass is 10.0. The first-order chi connectivity index (χ1) is 20.0. The van der Waals surface area contributed by atoms with Crippen LogP contribution in [0.5, 0.6) is 0 Å². The summed E-state index contributed by atoms with van der Waals surface area (Å²) in [7, 11) is 0. The molecule has 216 valence electrons. The van der Waals surface area contributed by atoms with Gasteiger partial charge in [-0.05, 0) is 74.9 Å². The van der Waals surface area contributed by atoms with Gasteiger partial charge < -0.3 is 10.6 Å². The third-order valence-corrected chi connectivity index (χ3v) is 7.12. The minimum atomic E-state index is -4.70. The molecule has 0 spiro atoms. The smallest absolute Gasteiger partial charge is 0.349 e. The number of hydrogen-bond acceptors (Lipinski definition) is 6. The summed E-state index contributed by atoms with van der Waals surface area (Å²) in [5.74, 6) is -2.29. The lowest BCUT2D eigenvalue weighted by Gasteiger charge is -2.17. The van der Waals surface area contributed by atoms with Crippen LogP contribution in [0.3, 0.4) is 0 Å². The Bertz CT molecular complexity index is 1690. The third-order valence-electron chi connectivity index (χ3n) is 6.82. The number of alkyl halides is 3. The van der Waals surface area contributed by atoms with Crippen LogP contribution < -0.4 is 10.6 Å². The lowest BCUT2D eigenvalue weighted by molar-refractivity contribution is -0.536. The van der Waals surface area contributed by atoms with Crippen molar-refractivity contribution in [1.29, 1.82) is 5.26 Å². The number of aryl methyl sites for hydroxylation is 1. The minimum absolute atomic E-state index is 0.0289. The van der Waals surface area contributed by atoms with Crippen LogP contribution in [0, 0.1) is 18.3 Å². The molecule has 42 heavy (non-hydrogen) atoms. The van der Waals surface area contributed by atoms with Crippen LogP contribution in [0.1, 0.15) is 70.3 Å². The van der Waals surface area contributed by atoms with Crippen LogP contribution >= 0.6 is 11.6 Å². The van der Waals surface area contributed by atoms with Gasteiger partial charge in [-0.1, -0.05) is 23.8 Å². The van der Waals surface area contributed by atoms with Gasteiger partial charge in [0.05, 0.1) is 38.8 Å². The maximum Gasteiger partial charge on any atom is 0.486 e. The molecule has 0 saturated heterocycles. The average molecular weight is 598 g/mol. The van der Waals surface area contributed by atoms with E-state index in [-0.39, 0.29) is 39.3 Å². The summed E-state index contributed by atoms with van der Waals surface area (Å²) in [4.78, 5) is 26.9. The van der Waals surface area contributed by atoms with Gasteiger partial charge in [0.1, 0.15) is 17.9 Å². The van der Waals surface area contributed by atoms with E-state index < -0.39 is 30.4 Å². The van der Waals surface area contributed by atoms with E-state index in [1.54, 1.807) is 25.1 Å². The number of nitriles is 1. The Morgan fingerprint density at radius 2 is 1.98 bits per heavy atom. The Hall–Kier alpha value is -4.57. The summed E-state index contributed by atoms with van der Waals surface area (Å²) in [5, 5.41) is 26.4. The summed E-state index contributed by atoms with van der Waals surface area (Å²) in [6.07, 6.45) is 3.64. The summed E-state index contributed by atoms with van der Waals surface area (Å²) in [5.41, 5.74) is 2.32. The Morgan fingerprint density at radius 3 is 2.62 bits per heavy atom. The molecule has 0 radical (unpaired) electrons. The number of nitrogens with zero attached hydrogens (tertiary/aromatic N) is 6. The highest BCUT2D eigenvalue weighted by Gasteiger charge is 2.49. The number of halogens is 4. The van der Waals surface area contributed by atoms with Crippen molar-refractivity contribution in [2.24, 2.45) is 10.3 Å². The van der Waals surface area contributed by atoms with E-state index >= 15 is 0 Å². The number of carbonyl (C=O) groups excluding carboxylic acids is 2. The van der Waals surface area contributed by atoms with Gasteiger partial charge in [0, 0.05) is 11.1 Å². The number of hydrogen-bond donors (Lipinski definition) is 2. The standard InChI is InChI=1S/C28H24ClF3N8O2/c1-15-6-4-3-5-7-21(29)24(15)40-22(12-19(37-40)14-39-27(36-38-39)28(30,31)32)26(42)35-23-16(2)10-17(13-33)11-20(23)25(41)34-18-8-9-18/h3,5,7,10-12,18H,4,6,8-9,14H2,1-2H3,(H-,34,35,41,42)/p+1. The maximum absolute atomic E-state index is 13.9. The van der Waals surface area contributed by atoms with Crippen molar-refractivity contribution in [2.75, 3.05) is 5.32 Å². The Morgan fingerprint density at radius 1 is 1.21 bits per heavy atom. The fraction of sp³-hybridized carbons (Fsp3) is 0.321. The van der Waals surface area contributed by atoms with Crippen LogP contribution in [0.25, 0.3) is 5.70 Å². The predicted molar refractivity (Wildman–Crippen MR) is 148 cm³/mol. The van der Waals surface area contributed by atoms with Crippen molar-refractivity contribution in [3.63, 3.8) is 0 Å². The molecule has 1 fully saturated rings. The number of allylic oxidation sites excluding steroid dienone is 6. The van der Waals surface area contributed by atoms with Gasteiger partial charge in [0.15, 0.2) is 0 Å². The molecule has 2 aliphatic carbocycles. The number of benzene rings is 1. The molecule has 1 saturated carbocycles. The molecule has 14 heteroatoms. The molecule has 0 bridgehead atoms. The van der Waals surface area contributed by atoms with Gasteiger partial charge in [-0.15, -0.1) is 4.70 Å². The summed E-state index contributed by atoms with van der Waals surface area (Å²) >= 11 is 6.62. The van der Waals surface area contributed by atoms with Crippen LogP contribution in [0.2, 0.25) is 0 Å². The maximum atomic E-state index is 13.9. The molecular formula is C28H25ClF3N8O2+. The minimum Gasteiger partial charge on any atom is -0.349 e. The fourth-order valence-electron chi connectivity index (χ4n) is 4.55. The van der Waals surface area contributed by atoms with Gasteiger partial charge in [0.2, 0.25) is 0 Å². The van der Waals surface area contributed by atoms with Gasteiger partial charge in [-0.25, -0.2) is 4.68 Å². The highest BCUT2D eigenvalue weighted by molar-refractivity contribution is 6.36. The zero-order chi connectivity index (χ0) is 30.2. The number of anilines is 1. The molecule has 1 aromatic heterocycles. The second-order valence-electron chi connectivity index (χ2n) is 10.1. The largest absolute Gasteiger partial charge is 0.486 e. The summed E-state index contributed by atoms with van der Waals surface area (Å²) in [6.45, 7) is 3.09. The van der Waals surface area contributed by atoms with Crippen LogP contribution in [-0.2, 0) is 6.54 Å². The number of carbonyl (C=O) groups is 2. The number of amidine groups is 1. The van der Waals surface area contributed by atoms with E-state index in [0.29, 0.717) is 28.8 Å². The number of nitrogens with one attached hydrogen (secondary N) is 2. The van der Waals surface area contributed by atoms with E-state index in [9.17, 15) is 28.0 Å². The van der Waals surface area contributed by atoms with Crippen LogP contribution in [0.4, 0.5) is 18.9 Å². The number of aromatic nitrogens is 2. The van der Waals surface area contributed by atoms with Crippen molar-refractivity contribution in [1.82, 2.24) is 15.1 Å². The quantitative estimate of drug-likeness (QED) is 0.393. The van der Waals surface area contributed by atoms with Gasteiger partial charge in [-0.3, -0.25) is 9.59 Å². The highest BCUT2D eigenvalue weighted by atomic mass is 35.5. The normalized spacial score (nSPS) is 16.8. The van der Waals surface area contributed by atoms with Crippen LogP contribution in [0.15, 0.2) is 57.4 Å². The molecule has 2 amide bonds. The second-order valence-corrected chi connectivity index (χ2v) is 10.5. The number of amides is 2. The van der Waals surface area contributed by atoms with Crippen molar-refractivity contribution in [2.45, 2.75) is 58.3 Å². The van der Waals surface area contributed by atoms with Crippen molar-refractivity contribution in [3.05, 3.63) is 75.1 Å². The predicted octanol–water partition coefficient (Wildman–Crippen LogP) is 5.77. The molecule has 1 aromatic carbocycles. The third kappa shape index (κ3) is 6.03. The first-order valence-corrected chi connectivity index (χ1v) is 13.5. The van der Waals surface area contributed by atoms with Gasteiger partial charge in [0.25, 0.3) is 11.8 Å². The molecule has 0 atom stereocenters. The SMILES string of the molecule is CC1=C(n2nc(C[N+]3=NN=C3C(F)(F)F)cc2C(=O)Nc2c(C)cc(C#N)cc2C(=O)NC2CC2)C(Cl)=CC=CCC1. The van der Waals surface area contributed by atoms with E-state index in [2.05, 4.69) is 26.1 Å². The fourth-order valence-corrected chi connectivity index (χ4v) is 4.87. The van der Waals surface area contributed by atoms with Crippen LogP contribution in [-0.4, -0.2) is 44.3 Å². The van der Waals surface area contributed by atoms with Crippen molar-refractivity contribution >= 4 is 40.6 Å². The molecule has 10 nitrogen and oxygen atoms in total. The average Bonchev–Trinajstić information content (AvgIpc) is 3.62. The Balaban J connectivity index is 1.55. The lowest BCUT2D eigenvalue weighted by Crippen LogP contribution is -2.37. The molecule has 5 rings (SSSR count). The van der Waals surface area contributed by atoms with E-state index in [4.69, 9.17) is 11.6 Å². The monoisotopic (exact) mass is 597 g/mol. The zero-order valence-electron chi connectivity index (χ0n) is 22.6. The van der Waals surface area contributed by atoms with Gasteiger partial charge >= 0.3 is 12.0 Å². The van der Waals surface area contributed by atoms with Crippen molar-refractivity contribution in [3.8, 4) is 6.07 Å². The summed E-state index contributed by atoms with van der Waals surface area (Å²) < 4.78 is 41.7. The first kappa shape index (κ1) is 28.9. The molecule has 3 aliphatic rings. The summed E-state index contributed by atoms with van der Waals surface area (Å²) in [6, 6.07) is 6.35. The zero-order valence-corrected chi connectivity index (χ0v) is 23.3. The van der Waals surface area contributed by atoms with Gasteiger partial charge in [-0.2, -0.15) is 23.5 Å². The van der Waals surface area contributed by atoms with E-state index in [0.717, 1.165) is 18.4 Å². The Labute approximate surface area is 243 Å². The second kappa shape index (κ2) is 11.4. The molecular weight excluding hydrogens is 573 g/mol. The first-order valence-electron chi connectivity index (χ1n) is 13.1. The highest BCUT2D eigenvalue weighted by Crippen LogP contribution is 2.32. The molecule has 0 unspecified atom stereocenters. The molecule has 2 N–H and O–H groups in total. The molecule has 2 aromatic rings. The number of rotatable bonds is 7. The van der Waals surface area contributed by atoms with Crippen molar-refractivity contribution < 1.29 is 27.5 Å². The Kier molecular flexibility index (Phi) is 7.83. The molecule has 2 heterocycles.